The smallest absolute Gasteiger partial charge is 0.152 e. The zero-order valence-electron chi connectivity index (χ0n) is 8.49. The largest absolute Gasteiger partial charge is 0.380 e. The molecule has 0 saturated heterocycles. The highest BCUT2D eigenvalue weighted by atomic mass is 16.5. The van der Waals surface area contributed by atoms with Gasteiger partial charge in [-0.15, -0.1) is 0 Å². The maximum Gasteiger partial charge on any atom is 0.152 e. The van der Waals surface area contributed by atoms with Gasteiger partial charge in [0.15, 0.2) is 5.78 Å². The van der Waals surface area contributed by atoms with Crippen molar-refractivity contribution >= 4 is 11.9 Å². The quantitative estimate of drug-likeness (QED) is 0.681. The van der Waals surface area contributed by atoms with Gasteiger partial charge in [0.05, 0.1) is 6.61 Å². The maximum absolute atomic E-state index is 10.7. The Morgan fingerprint density at radius 3 is 2.93 bits per heavy atom. The van der Waals surface area contributed by atoms with E-state index >= 15 is 0 Å². The van der Waals surface area contributed by atoms with Crippen LogP contribution in [0.25, 0.3) is 6.08 Å². The molecule has 2 heteroatoms. The first-order chi connectivity index (χ1) is 6.72. The Balaban J connectivity index is 2.77. The molecule has 1 rings (SSSR count). The van der Waals surface area contributed by atoms with E-state index in [1.54, 1.807) is 13.2 Å². The van der Waals surface area contributed by atoms with E-state index in [2.05, 4.69) is 0 Å². The predicted octanol–water partition coefficient (Wildman–Crippen LogP) is 2.44. The fourth-order valence-corrected chi connectivity index (χ4v) is 1.17. The van der Waals surface area contributed by atoms with E-state index in [4.69, 9.17) is 4.74 Å². The van der Waals surface area contributed by atoms with Crippen LogP contribution in [-0.2, 0) is 16.1 Å². The summed E-state index contributed by atoms with van der Waals surface area (Å²) in [5, 5.41) is 0. The maximum atomic E-state index is 10.7. The lowest BCUT2D eigenvalue weighted by Gasteiger charge is -2.00. The number of allylic oxidation sites excluding steroid dienone is 1. The molecule has 0 radical (unpaired) electrons. The van der Waals surface area contributed by atoms with Gasteiger partial charge in [-0.05, 0) is 30.2 Å². The number of rotatable bonds is 4. The van der Waals surface area contributed by atoms with Crippen LogP contribution in [0, 0.1) is 0 Å². The Hall–Kier alpha value is -1.41. The molecule has 74 valence electrons. The van der Waals surface area contributed by atoms with E-state index < -0.39 is 0 Å². The highest BCUT2D eigenvalue weighted by Gasteiger charge is 1.92. The lowest BCUT2D eigenvalue weighted by molar-refractivity contribution is -0.112. The number of methoxy groups -OCH3 is 1. The standard InChI is InChI=1S/C12H14O2/c1-10(13)6-7-11-4-3-5-12(8-11)9-14-2/h3-8H,9H2,1-2H3/b7-6+. The average molecular weight is 190 g/mol. The molecule has 0 aromatic heterocycles. The second-order valence-electron chi connectivity index (χ2n) is 3.12. The normalized spacial score (nSPS) is 10.7. The molecule has 0 heterocycles. The number of carbonyl (C=O) groups excluding carboxylic acids is 1. The van der Waals surface area contributed by atoms with Crippen molar-refractivity contribution in [1.29, 1.82) is 0 Å². The Morgan fingerprint density at radius 1 is 1.50 bits per heavy atom. The summed E-state index contributed by atoms with van der Waals surface area (Å²) in [6, 6.07) is 7.91. The van der Waals surface area contributed by atoms with Crippen LogP contribution in [0.4, 0.5) is 0 Å². The number of benzene rings is 1. The Morgan fingerprint density at radius 2 is 2.29 bits per heavy atom. The third-order valence-corrected chi connectivity index (χ3v) is 1.77. The summed E-state index contributed by atoms with van der Waals surface area (Å²) in [6.07, 6.45) is 3.37. The molecule has 0 fully saturated rings. The molecule has 14 heavy (non-hydrogen) atoms. The Labute approximate surface area is 84.2 Å². The highest BCUT2D eigenvalue weighted by Crippen LogP contribution is 2.07. The molecule has 1 aromatic carbocycles. The van der Waals surface area contributed by atoms with Crippen LogP contribution in [0.1, 0.15) is 18.1 Å². The minimum Gasteiger partial charge on any atom is -0.380 e. The highest BCUT2D eigenvalue weighted by molar-refractivity contribution is 5.91. The van der Waals surface area contributed by atoms with Crippen molar-refractivity contribution in [1.82, 2.24) is 0 Å². The lowest BCUT2D eigenvalue weighted by atomic mass is 10.1. The minimum absolute atomic E-state index is 0.0575. The van der Waals surface area contributed by atoms with E-state index in [1.165, 1.54) is 6.92 Å². The molecular formula is C12H14O2. The molecule has 0 bridgehead atoms. The second-order valence-corrected chi connectivity index (χ2v) is 3.12. The number of carbonyl (C=O) groups is 1. The summed E-state index contributed by atoms with van der Waals surface area (Å²) in [4.78, 5) is 10.7. The molecule has 0 unspecified atom stereocenters. The molecule has 0 aliphatic rings. The van der Waals surface area contributed by atoms with Gasteiger partial charge in [0, 0.05) is 7.11 Å². The van der Waals surface area contributed by atoms with E-state index in [0.29, 0.717) is 6.61 Å². The van der Waals surface area contributed by atoms with Gasteiger partial charge in [0.1, 0.15) is 0 Å². The first-order valence-corrected chi connectivity index (χ1v) is 4.49. The number of ketones is 1. The summed E-state index contributed by atoms with van der Waals surface area (Å²) in [5.74, 6) is 0.0575. The topological polar surface area (TPSA) is 26.3 Å². The van der Waals surface area contributed by atoms with Gasteiger partial charge < -0.3 is 4.74 Å². The van der Waals surface area contributed by atoms with Crippen molar-refractivity contribution in [3.05, 3.63) is 41.5 Å². The van der Waals surface area contributed by atoms with Crippen molar-refractivity contribution in [2.24, 2.45) is 0 Å². The first-order valence-electron chi connectivity index (χ1n) is 4.49. The SMILES string of the molecule is COCc1cccc(/C=C/C(C)=O)c1. The van der Waals surface area contributed by atoms with Crippen LogP contribution >= 0.6 is 0 Å². The van der Waals surface area contributed by atoms with Crippen LogP contribution in [-0.4, -0.2) is 12.9 Å². The third-order valence-electron chi connectivity index (χ3n) is 1.77. The van der Waals surface area contributed by atoms with E-state index in [-0.39, 0.29) is 5.78 Å². The molecule has 0 spiro atoms. The number of hydrogen-bond acceptors (Lipinski definition) is 2. The first kappa shape index (κ1) is 10.7. The molecule has 0 saturated carbocycles. The third kappa shape index (κ3) is 3.54. The monoisotopic (exact) mass is 190 g/mol. The van der Waals surface area contributed by atoms with Crippen molar-refractivity contribution in [3.63, 3.8) is 0 Å². The van der Waals surface area contributed by atoms with Gasteiger partial charge in [-0.1, -0.05) is 24.3 Å². The summed E-state index contributed by atoms with van der Waals surface area (Å²) >= 11 is 0. The molecule has 0 atom stereocenters. The van der Waals surface area contributed by atoms with Crippen LogP contribution in [0.2, 0.25) is 0 Å². The summed E-state index contributed by atoms with van der Waals surface area (Å²) in [7, 11) is 1.66. The minimum atomic E-state index is 0.0575. The molecule has 0 aliphatic heterocycles. The summed E-state index contributed by atoms with van der Waals surface area (Å²) in [6.45, 7) is 2.14. The van der Waals surface area contributed by atoms with E-state index in [9.17, 15) is 4.79 Å². The zero-order chi connectivity index (χ0) is 10.4. The van der Waals surface area contributed by atoms with Crippen molar-refractivity contribution in [2.75, 3.05) is 7.11 Å². The van der Waals surface area contributed by atoms with Crippen LogP contribution in [0.5, 0.6) is 0 Å². The van der Waals surface area contributed by atoms with Gasteiger partial charge in [0.2, 0.25) is 0 Å². The number of hydrogen-bond donors (Lipinski definition) is 0. The van der Waals surface area contributed by atoms with Crippen molar-refractivity contribution < 1.29 is 9.53 Å². The lowest BCUT2D eigenvalue weighted by Crippen LogP contribution is -1.87. The molecular weight excluding hydrogens is 176 g/mol. The van der Waals surface area contributed by atoms with Gasteiger partial charge in [0.25, 0.3) is 0 Å². The van der Waals surface area contributed by atoms with Crippen LogP contribution in [0.15, 0.2) is 30.3 Å². The molecule has 0 aliphatic carbocycles. The fraction of sp³-hybridized carbons (Fsp3) is 0.250. The van der Waals surface area contributed by atoms with E-state index in [0.717, 1.165) is 11.1 Å². The Kier molecular flexibility index (Phi) is 4.08. The van der Waals surface area contributed by atoms with Gasteiger partial charge in [-0.2, -0.15) is 0 Å². The fourth-order valence-electron chi connectivity index (χ4n) is 1.17. The van der Waals surface area contributed by atoms with Crippen LogP contribution < -0.4 is 0 Å². The molecule has 0 N–H and O–H groups in total. The zero-order valence-corrected chi connectivity index (χ0v) is 8.49. The van der Waals surface area contributed by atoms with E-state index in [1.807, 2.05) is 30.3 Å². The van der Waals surface area contributed by atoms with Crippen molar-refractivity contribution in [2.45, 2.75) is 13.5 Å². The average Bonchev–Trinajstić information content (AvgIpc) is 2.16. The van der Waals surface area contributed by atoms with Gasteiger partial charge in [-0.25, -0.2) is 0 Å². The van der Waals surface area contributed by atoms with Gasteiger partial charge >= 0.3 is 0 Å². The number of ether oxygens (including phenoxy) is 1. The Bertz CT molecular complexity index is 340. The van der Waals surface area contributed by atoms with Crippen molar-refractivity contribution in [3.8, 4) is 0 Å². The van der Waals surface area contributed by atoms with Gasteiger partial charge in [-0.3, -0.25) is 4.79 Å². The summed E-state index contributed by atoms with van der Waals surface area (Å²) < 4.78 is 5.02. The molecule has 2 nitrogen and oxygen atoms in total. The second kappa shape index (κ2) is 5.35. The predicted molar refractivity (Wildman–Crippen MR) is 56.9 cm³/mol. The molecule has 0 amide bonds. The molecule has 1 aromatic rings. The van der Waals surface area contributed by atoms with Crippen LogP contribution in [0.3, 0.4) is 0 Å². The summed E-state index contributed by atoms with van der Waals surface area (Å²) in [5.41, 5.74) is 2.13.